The van der Waals surface area contributed by atoms with E-state index in [9.17, 15) is 4.79 Å². The summed E-state index contributed by atoms with van der Waals surface area (Å²) in [5, 5.41) is 0. The lowest BCUT2D eigenvalue weighted by Gasteiger charge is -2.09. The number of methoxy groups -OCH3 is 1. The Hall–Kier alpha value is -2.49. The third-order valence-electron chi connectivity index (χ3n) is 5.48. The van der Waals surface area contributed by atoms with Crippen molar-refractivity contribution in [2.24, 2.45) is 5.92 Å². The Labute approximate surface area is 181 Å². The maximum atomic E-state index is 11.7. The van der Waals surface area contributed by atoms with Gasteiger partial charge < -0.3 is 13.9 Å². The SMILES string of the molecule is COC1=C(C)C(=O)OC1=C[C@@H](C)CCCC(C)=CCCC(C)=CCCc1ccoc1. The minimum Gasteiger partial charge on any atom is -0.492 e. The molecule has 0 N–H and O–H groups in total. The van der Waals surface area contributed by atoms with Crippen molar-refractivity contribution in [3.63, 3.8) is 0 Å². The fourth-order valence-corrected chi connectivity index (χ4v) is 3.58. The zero-order valence-corrected chi connectivity index (χ0v) is 19.1. The third kappa shape index (κ3) is 7.74. The van der Waals surface area contributed by atoms with Crippen LogP contribution < -0.4 is 0 Å². The van der Waals surface area contributed by atoms with Gasteiger partial charge in [-0.15, -0.1) is 0 Å². The lowest BCUT2D eigenvalue weighted by molar-refractivity contribution is -0.133. The second-order valence-electron chi connectivity index (χ2n) is 8.26. The number of carbonyl (C=O) groups is 1. The fraction of sp³-hybridized carbons (Fsp3) is 0.500. The van der Waals surface area contributed by atoms with Crippen molar-refractivity contribution >= 4 is 5.97 Å². The van der Waals surface area contributed by atoms with E-state index in [1.807, 2.05) is 18.4 Å². The van der Waals surface area contributed by atoms with Crippen LogP contribution in [0, 0.1) is 5.92 Å². The topological polar surface area (TPSA) is 48.7 Å². The Morgan fingerprint density at radius 3 is 2.60 bits per heavy atom. The van der Waals surface area contributed by atoms with Gasteiger partial charge in [0.1, 0.15) is 0 Å². The number of cyclic esters (lactones) is 1. The molecule has 0 amide bonds. The average Bonchev–Trinajstić information content (AvgIpc) is 3.30. The molecule has 30 heavy (non-hydrogen) atoms. The number of aryl methyl sites for hydroxylation is 1. The van der Waals surface area contributed by atoms with Crippen molar-refractivity contribution < 1.29 is 18.7 Å². The van der Waals surface area contributed by atoms with Crippen molar-refractivity contribution in [2.75, 3.05) is 7.11 Å². The molecule has 1 aromatic heterocycles. The van der Waals surface area contributed by atoms with Gasteiger partial charge in [-0.2, -0.15) is 0 Å². The second kappa shape index (κ2) is 12.3. The Morgan fingerprint density at radius 2 is 1.90 bits per heavy atom. The molecule has 0 radical (unpaired) electrons. The normalized spacial score (nSPS) is 17.6. The van der Waals surface area contributed by atoms with E-state index in [1.54, 1.807) is 20.3 Å². The van der Waals surface area contributed by atoms with E-state index in [-0.39, 0.29) is 5.97 Å². The summed E-state index contributed by atoms with van der Waals surface area (Å²) in [5.74, 6) is 1.15. The number of ether oxygens (including phenoxy) is 2. The highest BCUT2D eigenvalue weighted by molar-refractivity contribution is 5.93. The van der Waals surface area contributed by atoms with Gasteiger partial charge in [0.15, 0.2) is 11.5 Å². The van der Waals surface area contributed by atoms with Gasteiger partial charge in [-0.25, -0.2) is 4.79 Å². The Balaban J connectivity index is 1.66. The van der Waals surface area contributed by atoms with Crippen molar-refractivity contribution in [1.82, 2.24) is 0 Å². The second-order valence-corrected chi connectivity index (χ2v) is 8.26. The molecule has 0 unspecified atom stereocenters. The number of hydrogen-bond donors (Lipinski definition) is 0. The standard InChI is InChI=1S/C26H36O4/c1-19(9-6-10-20(2)12-8-14-23-15-16-29-18-23)11-7-13-21(3)17-24-25(28-5)22(4)26(27)30-24/h9,12,15-18,21H,6-8,10-11,13-14H2,1-5H3/t21-/m0/s1. The van der Waals surface area contributed by atoms with Crippen LogP contribution in [-0.4, -0.2) is 13.1 Å². The molecular weight excluding hydrogens is 376 g/mol. The Kier molecular flexibility index (Phi) is 9.72. The van der Waals surface area contributed by atoms with Gasteiger partial charge in [-0.1, -0.05) is 30.2 Å². The molecule has 1 aliphatic heterocycles. The smallest absolute Gasteiger partial charge is 0.343 e. The van der Waals surface area contributed by atoms with E-state index in [2.05, 4.69) is 32.9 Å². The quantitative estimate of drug-likeness (QED) is 0.272. The number of esters is 1. The highest BCUT2D eigenvalue weighted by Crippen LogP contribution is 2.28. The maximum absolute atomic E-state index is 11.7. The van der Waals surface area contributed by atoms with E-state index in [0.717, 1.165) is 44.9 Å². The van der Waals surface area contributed by atoms with E-state index in [1.165, 1.54) is 16.7 Å². The summed E-state index contributed by atoms with van der Waals surface area (Å²) in [7, 11) is 1.57. The number of allylic oxidation sites excluding steroid dienone is 5. The molecule has 2 heterocycles. The highest BCUT2D eigenvalue weighted by atomic mass is 16.6. The van der Waals surface area contributed by atoms with E-state index in [4.69, 9.17) is 13.9 Å². The van der Waals surface area contributed by atoms with Gasteiger partial charge in [-0.05, 0) is 89.3 Å². The van der Waals surface area contributed by atoms with Gasteiger partial charge >= 0.3 is 5.97 Å². The van der Waals surface area contributed by atoms with Crippen molar-refractivity contribution in [1.29, 1.82) is 0 Å². The van der Waals surface area contributed by atoms with Crippen molar-refractivity contribution in [3.05, 3.63) is 70.6 Å². The predicted octanol–water partition coefficient (Wildman–Crippen LogP) is 7.05. The predicted molar refractivity (Wildman–Crippen MR) is 121 cm³/mol. The zero-order valence-electron chi connectivity index (χ0n) is 19.1. The number of hydrogen-bond acceptors (Lipinski definition) is 4. The largest absolute Gasteiger partial charge is 0.492 e. The van der Waals surface area contributed by atoms with Gasteiger partial charge in [0.2, 0.25) is 0 Å². The monoisotopic (exact) mass is 412 g/mol. The van der Waals surface area contributed by atoms with Gasteiger partial charge in [0, 0.05) is 0 Å². The van der Waals surface area contributed by atoms with Crippen LogP contribution in [0.25, 0.3) is 0 Å². The van der Waals surface area contributed by atoms with Crippen LogP contribution in [0.4, 0.5) is 0 Å². The van der Waals surface area contributed by atoms with Gasteiger partial charge in [0.25, 0.3) is 0 Å². The molecule has 0 aliphatic carbocycles. The number of rotatable bonds is 12. The summed E-state index contributed by atoms with van der Waals surface area (Å²) < 4.78 is 15.7. The van der Waals surface area contributed by atoms with Crippen molar-refractivity contribution in [3.8, 4) is 0 Å². The lowest BCUT2D eigenvalue weighted by atomic mass is 9.99. The van der Waals surface area contributed by atoms with Crippen LogP contribution in [-0.2, 0) is 20.7 Å². The van der Waals surface area contributed by atoms with Crippen LogP contribution in [0.3, 0.4) is 0 Å². The summed E-state index contributed by atoms with van der Waals surface area (Å²) in [6.45, 7) is 8.32. The van der Waals surface area contributed by atoms with Gasteiger partial charge in [0.05, 0.1) is 25.2 Å². The van der Waals surface area contributed by atoms with E-state index < -0.39 is 0 Å². The fourth-order valence-electron chi connectivity index (χ4n) is 3.58. The van der Waals surface area contributed by atoms with Crippen LogP contribution in [0.5, 0.6) is 0 Å². The molecule has 1 aromatic rings. The highest BCUT2D eigenvalue weighted by Gasteiger charge is 2.27. The van der Waals surface area contributed by atoms with Crippen LogP contribution in [0.1, 0.15) is 71.8 Å². The first kappa shape index (κ1) is 23.8. The van der Waals surface area contributed by atoms with Crippen LogP contribution >= 0.6 is 0 Å². The molecular formula is C26H36O4. The molecule has 1 atom stereocenters. The minimum atomic E-state index is -0.310. The molecule has 0 saturated heterocycles. The van der Waals surface area contributed by atoms with E-state index in [0.29, 0.717) is 23.0 Å². The average molecular weight is 413 g/mol. The first-order valence-electron chi connectivity index (χ1n) is 10.9. The van der Waals surface area contributed by atoms with Crippen LogP contribution in [0.15, 0.2) is 69.5 Å². The molecule has 4 nitrogen and oxygen atoms in total. The van der Waals surface area contributed by atoms with Crippen molar-refractivity contribution in [2.45, 2.75) is 72.6 Å². The summed E-state index contributed by atoms with van der Waals surface area (Å²) >= 11 is 0. The summed E-state index contributed by atoms with van der Waals surface area (Å²) in [6, 6.07) is 2.03. The van der Waals surface area contributed by atoms with Crippen LogP contribution in [0.2, 0.25) is 0 Å². The number of carbonyl (C=O) groups excluding carboxylic acids is 1. The first-order valence-corrected chi connectivity index (χ1v) is 10.9. The third-order valence-corrected chi connectivity index (χ3v) is 5.48. The molecule has 2 rings (SSSR count). The maximum Gasteiger partial charge on any atom is 0.343 e. The number of furan rings is 1. The molecule has 0 saturated carbocycles. The lowest BCUT2D eigenvalue weighted by Crippen LogP contribution is -1.98. The molecule has 0 aromatic carbocycles. The molecule has 164 valence electrons. The summed E-state index contributed by atoms with van der Waals surface area (Å²) in [6.07, 6.45) is 17.8. The molecule has 0 spiro atoms. The van der Waals surface area contributed by atoms with Gasteiger partial charge in [-0.3, -0.25) is 0 Å². The Morgan fingerprint density at radius 1 is 1.17 bits per heavy atom. The summed E-state index contributed by atoms with van der Waals surface area (Å²) in [5.41, 5.74) is 4.70. The molecule has 0 bridgehead atoms. The summed E-state index contributed by atoms with van der Waals surface area (Å²) in [4.78, 5) is 11.7. The zero-order chi connectivity index (χ0) is 21.9. The first-order chi connectivity index (χ1) is 14.4. The molecule has 1 aliphatic rings. The van der Waals surface area contributed by atoms with E-state index >= 15 is 0 Å². The molecule has 0 fully saturated rings. The Bertz CT molecular complexity index is 806. The minimum absolute atomic E-state index is 0.310. The molecule has 4 heteroatoms.